The molecule has 2 unspecified atom stereocenters. The summed E-state index contributed by atoms with van der Waals surface area (Å²) >= 11 is 0. The summed E-state index contributed by atoms with van der Waals surface area (Å²) < 4.78 is 5.39. The molecule has 0 saturated heterocycles. The first-order chi connectivity index (χ1) is 14.6. The lowest BCUT2D eigenvalue weighted by Crippen LogP contribution is -2.45. The minimum atomic E-state index is -1.36. The molecule has 31 heavy (non-hydrogen) atoms. The molecule has 0 bridgehead atoms. The highest BCUT2D eigenvalue weighted by molar-refractivity contribution is 5.82. The van der Waals surface area contributed by atoms with Gasteiger partial charge < -0.3 is 20.3 Å². The third-order valence-electron chi connectivity index (χ3n) is 5.75. The number of benzene rings is 2. The molecule has 0 spiro atoms. The highest BCUT2D eigenvalue weighted by Crippen LogP contribution is 2.44. The minimum Gasteiger partial charge on any atom is -0.481 e. The van der Waals surface area contributed by atoms with Gasteiger partial charge in [0.2, 0.25) is 0 Å². The van der Waals surface area contributed by atoms with Gasteiger partial charge in [-0.3, -0.25) is 4.79 Å². The summed E-state index contributed by atoms with van der Waals surface area (Å²) in [6.07, 6.45) is -1.12. The minimum absolute atomic E-state index is 0.0494. The molecule has 2 aromatic rings. The zero-order valence-electron chi connectivity index (χ0n) is 17.8. The van der Waals surface area contributed by atoms with Crippen molar-refractivity contribution in [2.45, 2.75) is 39.2 Å². The number of rotatable bonds is 7. The maximum absolute atomic E-state index is 12.4. The van der Waals surface area contributed by atoms with Crippen molar-refractivity contribution in [3.05, 3.63) is 59.7 Å². The third-order valence-corrected chi connectivity index (χ3v) is 5.75. The molecule has 2 atom stereocenters. The Balaban J connectivity index is 1.69. The number of carboxylic acid groups (broad SMARTS) is 2. The largest absolute Gasteiger partial charge is 0.481 e. The Hall–Kier alpha value is -3.35. The van der Waals surface area contributed by atoms with Gasteiger partial charge in [-0.15, -0.1) is 0 Å². The fraction of sp³-hybridized carbons (Fsp3) is 0.375. The normalized spacial score (nSPS) is 14.8. The molecule has 2 aromatic carbocycles. The van der Waals surface area contributed by atoms with Gasteiger partial charge in [0.15, 0.2) is 0 Å². The quantitative estimate of drug-likeness (QED) is 0.615. The molecule has 0 saturated carbocycles. The Morgan fingerprint density at radius 1 is 0.935 bits per heavy atom. The average molecular weight is 425 g/mol. The van der Waals surface area contributed by atoms with E-state index in [1.54, 1.807) is 20.8 Å². The van der Waals surface area contributed by atoms with E-state index in [1.807, 2.05) is 48.5 Å². The Labute approximate surface area is 181 Å². The van der Waals surface area contributed by atoms with E-state index in [2.05, 4.69) is 5.32 Å². The lowest BCUT2D eigenvalue weighted by atomic mass is 9.77. The predicted octanol–water partition coefficient (Wildman–Crippen LogP) is 4.12. The van der Waals surface area contributed by atoms with Gasteiger partial charge in [-0.05, 0) is 34.1 Å². The summed E-state index contributed by atoms with van der Waals surface area (Å²) in [6.45, 7) is 5.21. The van der Waals surface area contributed by atoms with Crippen LogP contribution in [0.3, 0.4) is 0 Å². The van der Waals surface area contributed by atoms with Gasteiger partial charge in [0.1, 0.15) is 12.6 Å². The van der Waals surface area contributed by atoms with Crippen LogP contribution in [0.25, 0.3) is 11.1 Å². The molecular weight excluding hydrogens is 398 g/mol. The number of fused-ring (bicyclic) bond motifs is 3. The van der Waals surface area contributed by atoms with Gasteiger partial charge >= 0.3 is 18.0 Å². The van der Waals surface area contributed by atoms with Crippen LogP contribution >= 0.6 is 0 Å². The number of carbonyl (C=O) groups excluding carboxylic acids is 1. The predicted molar refractivity (Wildman–Crippen MR) is 115 cm³/mol. The van der Waals surface area contributed by atoms with Crippen LogP contribution in [0.5, 0.6) is 0 Å². The first-order valence-corrected chi connectivity index (χ1v) is 10.2. The molecular formula is C24H27NO6. The molecule has 0 radical (unpaired) electrons. The number of carbonyl (C=O) groups is 3. The molecule has 164 valence electrons. The molecule has 1 aliphatic carbocycles. The number of carboxylic acids is 2. The van der Waals surface area contributed by atoms with Crippen LogP contribution in [0.4, 0.5) is 4.79 Å². The second-order valence-corrected chi connectivity index (χ2v) is 8.85. The first kappa shape index (κ1) is 22.3. The Morgan fingerprint density at radius 2 is 1.45 bits per heavy atom. The van der Waals surface area contributed by atoms with E-state index in [9.17, 15) is 24.6 Å². The molecule has 0 fully saturated rings. The zero-order valence-corrected chi connectivity index (χ0v) is 17.8. The summed E-state index contributed by atoms with van der Waals surface area (Å²) in [6, 6.07) is 14.4. The number of ether oxygens (including phenoxy) is 1. The summed E-state index contributed by atoms with van der Waals surface area (Å²) in [4.78, 5) is 35.6. The van der Waals surface area contributed by atoms with E-state index in [4.69, 9.17) is 4.74 Å². The molecule has 1 amide bonds. The Kier molecular flexibility index (Phi) is 6.34. The van der Waals surface area contributed by atoms with Crippen LogP contribution in [0, 0.1) is 11.3 Å². The Morgan fingerprint density at radius 3 is 1.90 bits per heavy atom. The topological polar surface area (TPSA) is 113 Å². The van der Waals surface area contributed by atoms with Crippen molar-refractivity contribution in [3.63, 3.8) is 0 Å². The van der Waals surface area contributed by atoms with Gasteiger partial charge in [-0.2, -0.15) is 0 Å². The molecule has 7 nitrogen and oxygen atoms in total. The molecule has 7 heteroatoms. The summed E-state index contributed by atoms with van der Waals surface area (Å²) in [5.41, 5.74) is 3.60. The van der Waals surface area contributed by atoms with Gasteiger partial charge in [0.05, 0.1) is 5.92 Å². The van der Waals surface area contributed by atoms with E-state index in [0.717, 1.165) is 22.3 Å². The number of alkyl carbamates (subject to hydrolysis) is 1. The summed E-state index contributed by atoms with van der Waals surface area (Å²) in [5, 5.41) is 21.3. The first-order valence-electron chi connectivity index (χ1n) is 10.2. The lowest BCUT2D eigenvalue weighted by molar-refractivity contribution is -0.147. The maximum Gasteiger partial charge on any atom is 0.407 e. The third kappa shape index (κ3) is 4.87. The standard InChI is InChI=1S/C24H27NO6/c1-24(2,3)19(21(26)27)12-20(22(28)29)25-23(30)31-13-18-16-10-6-4-8-14(16)15-9-5-7-11-17(15)18/h4-11,18-20H,12-13H2,1-3H3,(H,25,30)(H,26,27)(H,28,29). The van der Waals surface area contributed by atoms with Crippen molar-refractivity contribution < 1.29 is 29.3 Å². The van der Waals surface area contributed by atoms with Gasteiger partial charge in [-0.1, -0.05) is 69.3 Å². The van der Waals surface area contributed by atoms with Crippen LogP contribution < -0.4 is 5.32 Å². The van der Waals surface area contributed by atoms with Crippen molar-refractivity contribution >= 4 is 18.0 Å². The van der Waals surface area contributed by atoms with Gasteiger partial charge in [0.25, 0.3) is 0 Å². The summed E-state index contributed by atoms with van der Waals surface area (Å²) in [7, 11) is 0. The van der Waals surface area contributed by atoms with Crippen LogP contribution in [0.2, 0.25) is 0 Å². The highest BCUT2D eigenvalue weighted by atomic mass is 16.5. The molecule has 0 aromatic heterocycles. The van der Waals surface area contributed by atoms with Crippen molar-refractivity contribution in [1.82, 2.24) is 5.32 Å². The van der Waals surface area contributed by atoms with Crippen LogP contribution in [0.15, 0.2) is 48.5 Å². The highest BCUT2D eigenvalue weighted by Gasteiger charge is 2.36. The van der Waals surface area contributed by atoms with Crippen LogP contribution in [-0.4, -0.2) is 40.9 Å². The SMILES string of the molecule is CC(C)(C)C(CC(NC(=O)OCC1c2ccccc2-c2ccccc21)C(=O)O)C(=O)O. The van der Waals surface area contributed by atoms with Gasteiger partial charge in [0, 0.05) is 5.92 Å². The molecule has 0 heterocycles. The van der Waals surface area contributed by atoms with Crippen molar-refractivity contribution in [2.75, 3.05) is 6.61 Å². The lowest BCUT2D eigenvalue weighted by Gasteiger charge is -2.29. The van der Waals surface area contributed by atoms with Crippen LogP contribution in [-0.2, 0) is 14.3 Å². The molecule has 3 rings (SSSR count). The van der Waals surface area contributed by atoms with E-state index in [0.29, 0.717) is 0 Å². The number of aliphatic carboxylic acids is 2. The second-order valence-electron chi connectivity index (χ2n) is 8.85. The van der Waals surface area contributed by atoms with E-state index < -0.39 is 35.4 Å². The van der Waals surface area contributed by atoms with E-state index >= 15 is 0 Å². The number of amides is 1. The fourth-order valence-corrected chi connectivity index (χ4v) is 4.06. The number of nitrogens with one attached hydrogen (secondary N) is 1. The van der Waals surface area contributed by atoms with Gasteiger partial charge in [-0.25, -0.2) is 9.59 Å². The number of hydrogen-bond donors (Lipinski definition) is 3. The zero-order chi connectivity index (χ0) is 22.8. The summed E-state index contributed by atoms with van der Waals surface area (Å²) in [5.74, 6) is -3.50. The van der Waals surface area contributed by atoms with Crippen molar-refractivity contribution in [1.29, 1.82) is 0 Å². The van der Waals surface area contributed by atoms with Crippen molar-refractivity contribution in [2.24, 2.45) is 11.3 Å². The smallest absolute Gasteiger partial charge is 0.407 e. The Bertz CT molecular complexity index is 948. The monoisotopic (exact) mass is 425 g/mol. The second kappa shape index (κ2) is 8.79. The average Bonchev–Trinajstić information content (AvgIpc) is 3.02. The fourth-order valence-electron chi connectivity index (χ4n) is 4.06. The van der Waals surface area contributed by atoms with E-state index in [1.165, 1.54) is 0 Å². The molecule has 0 aliphatic heterocycles. The van der Waals surface area contributed by atoms with E-state index in [-0.39, 0.29) is 18.9 Å². The van der Waals surface area contributed by atoms with Crippen molar-refractivity contribution in [3.8, 4) is 11.1 Å². The number of hydrogen-bond acceptors (Lipinski definition) is 4. The maximum atomic E-state index is 12.4. The van der Waals surface area contributed by atoms with Crippen LogP contribution in [0.1, 0.15) is 44.2 Å². The molecule has 3 N–H and O–H groups in total. The molecule has 1 aliphatic rings.